The Morgan fingerprint density at radius 3 is 2.83 bits per heavy atom. The van der Waals surface area contributed by atoms with Gasteiger partial charge in [0.1, 0.15) is 17.0 Å². The van der Waals surface area contributed by atoms with E-state index in [4.69, 9.17) is 19.5 Å². The van der Waals surface area contributed by atoms with Gasteiger partial charge in [-0.25, -0.2) is 15.0 Å². The molecule has 0 saturated carbocycles. The average Bonchev–Trinajstić information content (AvgIpc) is 3.74. The van der Waals surface area contributed by atoms with Gasteiger partial charge < -0.3 is 14.9 Å². The second-order valence-electron chi connectivity index (χ2n) is 9.61. The molecular formula is C27H28N10O4S. The van der Waals surface area contributed by atoms with Gasteiger partial charge in [0.25, 0.3) is 11.1 Å². The number of likely N-dealkylation sites (tertiary alicyclic amines) is 1. The molecule has 14 nitrogen and oxygen atoms in total. The van der Waals surface area contributed by atoms with Crippen LogP contribution in [-0.4, -0.2) is 67.5 Å². The summed E-state index contributed by atoms with van der Waals surface area (Å²) in [5.74, 6) is 0.824. The molecule has 0 atom stereocenters. The summed E-state index contributed by atoms with van der Waals surface area (Å²) in [4.78, 5) is 20.1. The number of para-hydroxylation sites is 2. The van der Waals surface area contributed by atoms with Crippen LogP contribution in [0, 0.1) is 0 Å². The van der Waals surface area contributed by atoms with Crippen LogP contribution < -0.4 is 15.9 Å². The van der Waals surface area contributed by atoms with Gasteiger partial charge in [-0.05, 0) is 72.1 Å². The number of hydrazone groups is 1. The number of anilines is 1. The second kappa shape index (κ2) is 12.4. The first-order chi connectivity index (χ1) is 20.6. The van der Waals surface area contributed by atoms with Crippen molar-refractivity contribution in [3.8, 4) is 11.6 Å². The molecule has 1 fully saturated rings. The smallest absolute Gasteiger partial charge is 0.292 e. The molecule has 3 aromatic heterocycles. The van der Waals surface area contributed by atoms with Crippen LogP contribution in [0.3, 0.4) is 0 Å². The lowest BCUT2D eigenvalue weighted by molar-refractivity contribution is 0.0944. The predicted molar refractivity (Wildman–Crippen MR) is 154 cm³/mol. The lowest BCUT2D eigenvalue weighted by Gasteiger charge is -2.25. The third-order valence-electron chi connectivity index (χ3n) is 6.78. The van der Waals surface area contributed by atoms with Crippen LogP contribution in [0.2, 0.25) is 0 Å². The van der Waals surface area contributed by atoms with E-state index < -0.39 is 5.91 Å². The summed E-state index contributed by atoms with van der Waals surface area (Å²) >= 11 is 1.46. The van der Waals surface area contributed by atoms with Gasteiger partial charge in [0.2, 0.25) is 11.6 Å². The minimum atomic E-state index is -0.522. The van der Waals surface area contributed by atoms with Crippen molar-refractivity contribution in [3.63, 3.8) is 0 Å². The minimum Gasteiger partial charge on any atom is -0.496 e. The Labute approximate surface area is 244 Å². The maximum Gasteiger partial charge on any atom is 0.292 e. The molecule has 2 aromatic carbocycles. The van der Waals surface area contributed by atoms with Crippen LogP contribution >= 0.6 is 11.8 Å². The van der Waals surface area contributed by atoms with Crippen molar-refractivity contribution in [2.24, 2.45) is 5.10 Å². The number of hydrogen-bond donors (Lipinski definition) is 2. The van der Waals surface area contributed by atoms with Crippen LogP contribution in [0.4, 0.5) is 5.82 Å². The van der Waals surface area contributed by atoms with Gasteiger partial charge in [0.05, 0.1) is 13.3 Å². The quantitative estimate of drug-likeness (QED) is 0.138. The van der Waals surface area contributed by atoms with Crippen molar-refractivity contribution in [2.75, 3.05) is 25.9 Å². The Kier molecular flexibility index (Phi) is 8.09. The van der Waals surface area contributed by atoms with Crippen molar-refractivity contribution in [3.05, 3.63) is 65.0 Å². The highest BCUT2D eigenvalue weighted by Gasteiger charge is 2.26. The number of rotatable bonds is 10. The molecule has 216 valence electrons. The number of amides is 1. The number of hydrogen-bond acceptors (Lipinski definition) is 13. The van der Waals surface area contributed by atoms with E-state index in [1.165, 1.54) is 22.9 Å². The van der Waals surface area contributed by atoms with Gasteiger partial charge in [-0.15, -0.1) is 5.10 Å². The van der Waals surface area contributed by atoms with Gasteiger partial charge in [-0.2, -0.15) is 9.78 Å². The summed E-state index contributed by atoms with van der Waals surface area (Å²) in [5, 5.41) is 20.5. The molecule has 42 heavy (non-hydrogen) atoms. The molecule has 1 amide bonds. The number of fused-ring (bicyclic) bond motifs is 1. The Balaban J connectivity index is 1.18. The zero-order valence-electron chi connectivity index (χ0n) is 22.8. The number of piperidine rings is 1. The van der Waals surface area contributed by atoms with Crippen molar-refractivity contribution in [2.45, 2.75) is 36.8 Å². The number of ether oxygens (including phenoxy) is 1. The molecule has 1 aliphatic heterocycles. The molecule has 3 N–H and O–H groups in total. The third kappa shape index (κ3) is 5.96. The van der Waals surface area contributed by atoms with Gasteiger partial charge in [-0.1, -0.05) is 35.5 Å². The van der Waals surface area contributed by atoms with Crippen molar-refractivity contribution in [1.29, 1.82) is 0 Å². The van der Waals surface area contributed by atoms with E-state index in [9.17, 15) is 4.79 Å². The Morgan fingerprint density at radius 1 is 1.19 bits per heavy atom. The third-order valence-corrected chi connectivity index (χ3v) is 7.66. The largest absolute Gasteiger partial charge is 0.496 e. The highest BCUT2D eigenvalue weighted by atomic mass is 32.2. The molecule has 0 aliphatic carbocycles. The number of carbonyl (C=O) groups is 1. The number of nitrogens with zero attached hydrogens (tertiary/aromatic N) is 8. The fraction of sp³-hybridized carbons (Fsp3) is 0.296. The highest BCUT2D eigenvalue weighted by Crippen LogP contribution is 2.30. The van der Waals surface area contributed by atoms with E-state index in [1.807, 2.05) is 42.5 Å². The molecular weight excluding hydrogens is 560 g/mol. The van der Waals surface area contributed by atoms with Crippen LogP contribution in [-0.2, 0) is 12.3 Å². The first-order valence-electron chi connectivity index (χ1n) is 13.3. The van der Waals surface area contributed by atoms with Crippen LogP contribution in [0.1, 0.15) is 46.6 Å². The molecule has 4 heterocycles. The normalized spacial score (nSPS) is 14.1. The lowest BCUT2D eigenvalue weighted by atomic mass is 10.1. The second-order valence-corrected chi connectivity index (χ2v) is 10.5. The average molecular weight is 589 g/mol. The molecule has 5 aromatic rings. The topological polar surface area (TPSA) is 176 Å². The summed E-state index contributed by atoms with van der Waals surface area (Å²) < 4.78 is 17.3. The summed E-state index contributed by atoms with van der Waals surface area (Å²) in [6, 6.07) is 13.2. The van der Waals surface area contributed by atoms with E-state index >= 15 is 0 Å². The SMILES string of the molecule is COc1ccc(/C=N/NC(=O)c2c(CN3CCCCC3)nnn2-c2nonc2N)cc1CSc1nc2ccccc2o1. The number of thioether (sulfide) groups is 1. The molecule has 0 radical (unpaired) electrons. The highest BCUT2D eigenvalue weighted by molar-refractivity contribution is 7.98. The van der Waals surface area contributed by atoms with Gasteiger partial charge >= 0.3 is 0 Å². The molecule has 0 bridgehead atoms. The van der Waals surface area contributed by atoms with Crippen LogP contribution in [0.25, 0.3) is 16.9 Å². The molecule has 1 saturated heterocycles. The number of nitrogen functional groups attached to an aromatic ring is 1. The molecule has 1 aliphatic rings. The fourth-order valence-corrected chi connectivity index (χ4v) is 5.54. The summed E-state index contributed by atoms with van der Waals surface area (Å²) in [6.45, 7) is 2.30. The van der Waals surface area contributed by atoms with Crippen molar-refractivity contribution in [1.82, 2.24) is 40.6 Å². The standard InChI is InChI=1S/C27H28N10O4S/c1-39-21-10-9-17(13-18(21)16-42-27-30-19-7-3-4-8-22(19)40-27)14-29-32-26(38)23-20(15-36-11-5-2-6-12-36)31-35-37(23)25-24(28)33-41-34-25/h3-4,7-10,13-14H,2,5-6,11-12,15-16H2,1H3,(H2,28,33)(H,32,38)/b29-14+. The van der Waals surface area contributed by atoms with Crippen LogP contribution in [0.15, 0.2) is 61.8 Å². The van der Waals surface area contributed by atoms with Gasteiger partial charge in [0, 0.05) is 17.9 Å². The van der Waals surface area contributed by atoms with E-state index in [1.54, 1.807) is 13.3 Å². The van der Waals surface area contributed by atoms with Crippen molar-refractivity contribution >= 4 is 40.8 Å². The summed E-state index contributed by atoms with van der Waals surface area (Å²) in [7, 11) is 1.62. The van der Waals surface area contributed by atoms with Crippen LogP contribution in [0.5, 0.6) is 5.75 Å². The first kappa shape index (κ1) is 27.4. The Hall–Kier alpha value is -4.76. The van der Waals surface area contributed by atoms with E-state index in [2.05, 4.69) is 41.0 Å². The van der Waals surface area contributed by atoms with Gasteiger partial charge in [0.15, 0.2) is 11.3 Å². The molecule has 0 spiro atoms. The zero-order valence-corrected chi connectivity index (χ0v) is 23.6. The monoisotopic (exact) mass is 588 g/mol. The van der Waals surface area contributed by atoms with E-state index in [0.29, 0.717) is 23.2 Å². The molecule has 15 heteroatoms. The number of nitrogens with two attached hydrogens (primary N) is 1. The number of methoxy groups -OCH3 is 1. The maximum absolute atomic E-state index is 13.4. The first-order valence-corrected chi connectivity index (χ1v) is 14.3. The van der Waals surface area contributed by atoms with Crippen molar-refractivity contribution < 1.29 is 18.6 Å². The zero-order chi connectivity index (χ0) is 28.9. The number of benzene rings is 2. The predicted octanol–water partition coefficient (Wildman–Crippen LogP) is 3.42. The molecule has 6 rings (SSSR count). The number of nitrogens with one attached hydrogen (secondary N) is 1. The Bertz CT molecular complexity index is 1690. The minimum absolute atomic E-state index is 0.0107. The Morgan fingerprint density at radius 2 is 2.05 bits per heavy atom. The summed E-state index contributed by atoms with van der Waals surface area (Å²) in [5.41, 5.74) is 12.3. The van der Waals surface area contributed by atoms with Gasteiger partial charge in [-0.3, -0.25) is 9.69 Å². The van der Waals surface area contributed by atoms with E-state index in [-0.39, 0.29) is 17.3 Å². The number of carbonyl (C=O) groups excluding carboxylic acids is 1. The lowest BCUT2D eigenvalue weighted by Crippen LogP contribution is -2.31. The number of aromatic nitrogens is 6. The molecule has 0 unspecified atom stereocenters. The summed E-state index contributed by atoms with van der Waals surface area (Å²) in [6.07, 6.45) is 4.93. The number of oxazole rings is 1. The maximum atomic E-state index is 13.4. The fourth-order valence-electron chi connectivity index (χ4n) is 4.72. The van der Waals surface area contributed by atoms with E-state index in [0.717, 1.165) is 53.9 Å².